The number of halogens is 1. The van der Waals surface area contributed by atoms with E-state index in [9.17, 15) is 9.50 Å². The van der Waals surface area contributed by atoms with Gasteiger partial charge in [-0.1, -0.05) is 6.07 Å². The molecule has 2 aliphatic heterocycles. The van der Waals surface area contributed by atoms with Crippen LogP contribution in [0.15, 0.2) is 36.5 Å². The van der Waals surface area contributed by atoms with E-state index in [1.54, 1.807) is 17.2 Å². The number of hydrogen-bond acceptors (Lipinski definition) is 5. The third kappa shape index (κ3) is 2.59. The smallest absolute Gasteiger partial charge is 0.231 e. The third-order valence-corrected chi connectivity index (χ3v) is 4.45. The summed E-state index contributed by atoms with van der Waals surface area (Å²) in [7, 11) is 0. The van der Waals surface area contributed by atoms with Gasteiger partial charge in [-0.05, 0) is 36.2 Å². The van der Waals surface area contributed by atoms with Crippen molar-refractivity contribution in [1.82, 2.24) is 4.98 Å². The Kier molecular flexibility index (Phi) is 3.53. The monoisotopic (exact) mass is 316 g/mol. The molecule has 1 N–H and O–H groups in total. The van der Waals surface area contributed by atoms with Gasteiger partial charge in [0.15, 0.2) is 23.1 Å². The van der Waals surface area contributed by atoms with Gasteiger partial charge in [-0.2, -0.15) is 0 Å². The van der Waals surface area contributed by atoms with Gasteiger partial charge in [0.25, 0.3) is 0 Å². The number of piperidine rings is 1. The van der Waals surface area contributed by atoms with Crippen LogP contribution in [0.5, 0.6) is 11.5 Å². The van der Waals surface area contributed by atoms with Gasteiger partial charge in [0.05, 0.1) is 6.10 Å². The number of aliphatic hydroxyl groups is 1. The number of pyridine rings is 1. The Balaban J connectivity index is 1.53. The van der Waals surface area contributed by atoms with E-state index in [0.29, 0.717) is 24.7 Å². The van der Waals surface area contributed by atoms with Crippen molar-refractivity contribution in [2.75, 3.05) is 24.8 Å². The number of β-amino-alcohol motifs (C(OH)–C–C–N with tert-alkyl or cyclic N) is 1. The molecule has 1 aromatic carbocycles. The van der Waals surface area contributed by atoms with Crippen molar-refractivity contribution in [3.8, 4) is 11.5 Å². The standard InChI is InChI=1S/C17H17FN2O3/c18-13-2-1-6-19-17(13)20-7-5-12(14(21)9-20)11-3-4-15-16(8-11)23-10-22-15/h1-4,6,8,12,14,21H,5,7,9-10H2/t12-,14+/m0/s1. The maximum atomic E-state index is 13.9. The average molecular weight is 316 g/mol. The van der Waals surface area contributed by atoms with E-state index in [1.807, 2.05) is 18.2 Å². The third-order valence-electron chi connectivity index (χ3n) is 4.45. The van der Waals surface area contributed by atoms with Gasteiger partial charge in [0.2, 0.25) is 6.79 Å². The first-order valence-corrected chi connectivity index (χ1v) is 7.65. The minimum Gasteiger partial charge on any atom is -0.454 e. The summed E-state index contributed by atoms with van der Waals surface area (Å²) in [4.78, 5) is 5.88. The fourth-order valence-corrected chi connectivity index (χ4v) is 3.27. The van der Waals surface area contributed by atoms with Crippen molar-refractivity contribution in [1.29, 1.82) is 0 Å². The Labute approximate surface area is 133 Å². The molecular weight excluding hydrogens is 299 g/mol. The van der Waals surface area contributed by atoms with E-state index in [2.05, 4.69) is 4.98 Å². The number of aliphatic hydroxyl groups excluding tert-OH is 1. The largest absolute Gasteiger partial charge is 0.454 e. The summed E-state index contributed by atoms with van der Waals surface area (Å²) >= 11 is 0. The van der Waals surface area contributed by atoms with Crippen molar-refractivity contribution < 1.29 is 19.0 Å². The first kappa shape index (κ1) is 14.3. The zero-order chi connectivity index (χ0) is 15.8. The summed E-state index contributed by atoms with van der Waals surface area (Å²) in [6, 6.07) is 8.70. The van der Waals surface area contributed by atoms with Crippen LogP contribution in [0.4, 0.5) is 10.2 Å². The van der Waals surface area contributed by atoms with E-state index in [1.165, 1.54) is 6.07 Å². The number of anilines is 1. The van der Waals surface area contributed by atoms with Crippen LogP contribution in [-0.2, 0) is 0 Å². The molecule has 6 heteroatoms. The number of rotatable bonds is 2. The molecule has 3 heterocycles. The molecule has 1 aromatic heterocycles. The second kappa shape index (κ2) is 5.70. The fraction of sp³-hybridized carbons (Fsp3) is 0.353. The van der Waals surface area contributed by atoms with E-state index in [4.69, 9.17) is 9.47 Å². The lowest BCUT2D eigenvalue weighted by atomic mass is 9.87. The van der Waals surface area contributed by atoms with Crippen LogP contribution in [0.3, 0.4) is 0 Å². The summed E-state index contributed by atoms with van der Waals surface area (Å²) < 4.78 is 24.6. The summed E-state index contributed by atoms with van der Waals surface area (Å²) in [5.74, 6) is 1.38. The minimum atomic E-state index is -0.592. The normalized spacial score (nSPS) is 23.1. The van der Waals surface area contributed by atoms with Crippen LogP contribution in [-0.4, -0.2) is 36.1 Å². The summed E-state index contributed by atoms with van der Waals surface area (Å²) in [5.41, 5.74) is 1.02. The summed E-state index contributed by atoms with van der Waals surface area (Å²) in [5, 5.41) is 10.5. The second-order valence-electron chi connectivity index (χ2n) is 5.83. The molecule has 4 rings (SSSR count). The molecule has 0 amide bonds. The van der Waals surface area contributed by atoms with Crippen molar-refractivity contribution in [3.63, 3.8) is 0 Å². The lowest BCUT2D eigenvalue weighted by Crippen LogP contribution is -2.43. The zero-order valence-corrected chi connectivity index (χ0v) is 12.5. The molecule has 0 radical (unpaired) electrons. The van der Waals surface area contributed by atoms with Gasteiger partial charge in [0, 0.05) is 25.2 Å². The van der Waals surface area contributed by atoms with E-state index in [0.717, 1.165) is 17.7 Å². The van der Waals surface area contributed by atoms with Gasteiger partial charge < -0.3 is 19.5 Å². The molecule has 2 aliphatic rings. The molecule has 23 heavy (non-hydrogen) atoms. The van der Waals surface area contributed by atoms with E-state index >= 15 is 0 Å². The maximum absolute atomic E-state index is 13.9. The Morgan fingerprint density at radius 1 is 1.22 bits per heavy atom. The Morgan fingerprint density at radius 2 is 2.09 bits per heavy atom. The molecule has 0 bridgehead atoms. The first-order valence-electron chi connectivity index (χ1n) is 7.65. The van der Waals surface area contributed by atoms with Gasteiger partial charge >= 0.3 is 0 Å². The highest BCUT2D eigenvalue weighted by molar-refractivity contribution is 5.47. The van der Waals surface area contributed by atoms with Crippen LogP contribution >= 0.6 is 0 Å². The molecule has 2 atom stereocenters. The number of benzene rings is 1. The summed E-state index contributed by atoms with van der Waals surface area (Å²) in [6.07, 6.45) is 1.69. The quantitative estimate of drug-likeness (QED) is 0.921. The average Bonchev–Trinajstić information content (AvgIpc) is 3.03. The van der Waals surface area contributed by atoms with Crippen molar-refractivity contribution in [2.24, 2.45) is 0 Å². The highest BCUT2D eigenvalue weighted by atomic mass is 19.1. The predicted octanol–water partition coefficient (Wildman–Crippen LogP) is 2.30. The van der Waals surface area contributed by atoms with Gasteiger partial charge in [-0.3, -0.25) is 0 Å². The number of nitrogens with zero attached hydrogens (tertiary/aromatic N) is 2. The number of fused-ring (bicyclic) bond motifs is 1. The second-order valence-corrected chi connectivity index (χ2v) is 5.83. The molecular formula is C17H17FN2O3. The van der Waals surface area contributed by atoms with Gasteiger partial charge in [-0.15, -0.1) is 0 Å². The lowest BCUT2D eigenvalue weighted by Gasteiger charge is -2.37. The Hall–Kier alpha value is -2.34. The molecule has 1 saturated heterocycles. The minimum absolute atomic E-state index is 0.00692. The number of ether oxygens (including phenoxy) is 2. The fourth-order valence-electron chi connectivity index (χ4n) is 3.27. The molecule has 0 unspecified atom stereocenters. The van der Waals surface area contributed by atoms with Crippen molar-refractivity contribution >= 4 is 5.82 Å². The van der Waals surface area contributed by atoms with Crippen LogP contribution in [0.1, 0.15) is 17.9 Å². The topological polar surface area (TPSA) is 54.8 Å². The van der Waals surface area contributed by atoms with E-state index in [-0.39, 0.29) is 18.5 Å². The van der Waals surface area contributed by atoms with Crippen LogP contribution in [0.25, 0.3) is 0 Å². The van der Waals surface area contributed by atoms with Gasteiger partial charge in [0.1, 0.15) is 0 Å². The summed E-state index contributed by atoms with van der Waals surface area (Å²) in [6.45, 7) is 1.23. The molecule has 1 fully saturated rings. The highest BCUT2D eigenvalue weighted by Gasteiger charge is 2.31. The van der Waals surface area contributed by atoms with Crippen LogP contribution < -0.4 is 14.4 Å². The number of hydrogen-bond donors (Lipinski definition) is 1. The highest BCUT2D eigenvalue weighted by Crippen LogP contribution is 2.38. The Bertz CT molecular complexity index is 725. The molecule has 5 nitrogen and oxygen atoms in total. The van der Waals surface area contributed by atoms with Crippen LogP contribution in [0.2, 0.25) is 0 Å². The first-order chi connectivity index (χ1) is 11.2. The van der Waals surface area contributed by atoms with Crippen molar-refractivity contribution in [2.45, 2.75) is 18.4 Å². The SMILES string of the molecule is O[C@@H]1CN(c2ncccc2F)CC[C@H]1c1ccc2c(c1)OCO2. The Morgan fingerprint density at radius 3 is 2.91 bits per heavy atom. The van der Waals surface area contributed by atoms with Crippen molar-refractivity contribution in [3.05, 3.63) is 47.9 Å². The molecule has 0 spiro atoms. The van der Waals surface area contributed by atoms with E-state index < -0.39 is 6.10 Å². The predicted molar refractivity (Wildman–Crippen MR) is 82.3 cm³/mol. The van der Waals surface area contributed by atoms with Crippen LogP contribution in [0, 0.1) is 5.82 Å². The molecule has 0 saturated carbocycles. The lowest BCUT2D eigenvalue weighted by molar-refractivity contribution is 0.129. The zero-order valence-electron chi connectivity index (χ0n) is 12.5. The maximum Gasteiger partial charge on any atom is 0.231 e. The molecule has 120 valence electrons. The molecule has 0 aliphatic carbocycles. The van der Waals surface area contributed by atoms with Gasteiger partial charge in [-0.25, -0.2) is 9.37 Å². The number of aromatic nitrogens is 1. The molecule has 2 aromatic rings.